The predicted molar refractivity (Wildman–Crippen MR) is 58.7 cm³/mol. The molecule has 3 N–H and O–H groups in total. The van der Waals surface area contributed by atoms with Crippen LogP contribution >= 0.6 is 0 Å². The van der Waals surface area contributed by atoms with E-state index < -0.39 is 23.9 Å². The number of aromatic nitrogens is 2. The molecule has 1 aromatic rings. The fourth-order valence-corrected chi connectivity index (χ4v) is 1.24. The van der Waals surface area contributed by atoms with Gasteiger partial charge in [0, 0.05) is 12.6 Å². The van der Waals surface area contributed by atoms with Gasteiger partial charge in [-0.3, -0.25) is 14.7 Å². The molecule has 1 atom stereocenters. The Kier molecular flexibility index (Phi) is 4.85. The summed E-state index contributed by atoms with van der Waals surface area (Å²) in [5.74, 6) is -2.31. The highest BCUT2D eigenvalue weighted by molar-refractivity contribution is 5.96. The minimum atomic E-state index is -1.21. The molecule has 0 aliphatic heterocycles. The number of H-pyrrole nitrogens is 1. The van der Waals surface area contributed by atoms with E-state index >= 15 is 0 Å². The first-order valence-electron chi connectivity index (χ1n) is 5.14. The lowest BCUT2D eigenvalue weighted by molar-refractivity contribution is -0.142. The molecule has 1 heterocycles. The molecule has 0 saturated heterocycles. The molecule has 8 heteroatoms. The Hall–Kier alpha value is -2.38. The summed E-state index contributed by atoms with van der Waals surface area (Å²) in [5.41, 5.74) is 0.222. The van der Waals surface area contributed by atoms with Crippen molar-refractivity contribution in [2.45, 2.75) is 18.9 Å². The molecule has 0 radical (unpaired) electrons. The molecule has 0 unspecified atom stereocenters. The van der Waals surface area contributed by atoms with Gasteiger partial charge < -0.3 is 15.2 Å². The molecule has 0 fully saturated rings. The molecule has 0 aliphatic rings. The second kappa shape index (κ2) is 6.38. The number of hydrogen-bond acceptors (Lipinski definition) is 5. The summed E-state index contributed by atoms with van der Waals surface area (Å²) in [6, 6.07) is -1.15. The van der Waals surface area contributed by atoms with E-state index in [0.717, 1.165) is 0 Å². The lowest BCUT2D eigenvalue weighted by Gasteiger charge is -2.12. The number of methoxy groups -OCH3 is 1. The summed E-state index contributed by atoms with van der Waals surface area (Å²) in [7, 11) is 1.21. The minimum Gasteiger partial charge on any atom is -0.480 e. The third kappa shape index (κ3) is 3.89. The molecule has 1 aromatic heterocycles. The first kappa shape index (κ1) is 13.7. The Morgan fingerprint density at radius 3 is 2.78 bits per heavy atom. The van der Waals surface area contributed by atoms with Crippen molar-refractivity contribution in [3.63, 3.8) is 0 Å². The molecule has 98 valence electrons. The molecule has 0 spiro atoms. The number of carboxylic acid groups (broad SMARTS) is 1. The van der Waals surface area contributed by atoms with Crippen LogP contribution in [0.25, 0.3) is 0 Å². The maximum absolute atomic E-state index is 11.6. The fraction of sp³-hybridized carbons (Fsp3) is 0.400. The summed E-state index contributed by atoms with van der Waals surface area (Å²) >= 11 is 0. The average Bonchev–Trinajstić information content (AvgIpc) is 2.87. The SMILES string of the molecule is COC(=O)CC[C@H](NC(=O)c1cn[nH]c1)C(=O)O. The quantitative estimate of drug-likeness (QED) is 0.592. The average molecular weight is 255 g/mol. The number of nitrogens with zero attached hydrogens (tertiary/aromatic N) is 1. The molecule has 0 aliphatic carbocycles. The molecule has 8 nitrogen and oxygen atoms in total. The molecule has 1 rings (SSSR count). The topological polar surface area (TPSA) is 121 Å². The Morgan fingerprint density at radius 1 is 1.56 bits per heavy atom. The van der Waals surface area contributed by atoms with Crippen LogP contribution in [0.2, 0.25) is 0 Å². The van der Waals surface area contributed by atoms with Crippen LogP contribution in [0.3, 0.4) is 0 Å². The van der Waals surface area contributed by atoms with Gasteiger partial charge >= 0.3 is 11.9 Å². The van der Waals surface area contributed by atoms with Gasteiger partial charge in [0.1, 0.15) is 6.04 Å². The summed E-state index contributed by atoms with van der Waals surface area (Å²) in [6.07, 6.45) is 2.49. The van der Waals surface area contributed by atoms with Crippen molar-refractivity contribution in [3.8, 4) is 0 Å². The number of esters is 1. The van der Waals surface area contributed by atoms with Crippen LogP contribution in [0, 0.1) is 0 Å². The van der Waals surface area contributed by atoms with E-state index in [9.17, 15) is 14.4 Å². The molecule has 1 amide bonds. The van der Waals surface area contributed by atoms with Gasteiger partial charge in [0.25, 0.3) is 5.91 Å². The van der Waals surface area contributed by atoms with Crippen molar-refractivity contribution in [1.82, 2.24) is 15.5 Å². The zero-order chi connectivity index (χ0) is 13.5. The molecule has 0 bridgehead atoms. The Balaban J connectivity index is 2.55. The third-order valence-electron chi connectivity index (χ3n) is 2.23. The fourth-order valence-electron chi connectivity index (χ4n) is 1.24. The van der Waals surface area contributed by atoms with Crippen molar-refractivity contribution >= 4 is 17.8 Å². The van der Waals surface area contributed by atoms with Crippen LogP contribution in [0.5, 0.6) is 0 Å². The number of carbonyl (C=O) groups is 3. The van der Waals surface area contributed by atoms with Gasteiger partial charge in [-0.2, -0.15) is 5.10 Å². The molecular formula is C10H13N3O5. The summed E-state index contributed by atoms with van der Waals surface area (Å²) < 4.78 is 4.40. The van der Waals surface area contributed by atoms with Crippen LogP contribution in [-0.2, 0) is 14.3 Å². The largest absolute Gasteiger partial charge is 0.480 e. The van der Waals surface area contributed by atoms with E-state index in [2.05, 4.69) is 20.3 Å². The van der Waals surface area contributed by atoms with Gasteiger partial charge in [0.05, 0.1) is 18.9 Å². The Labute approximate surface area is 102 Å². The van der Waals surface area contributed by atoms with Crippen molar-refractivity contribution in [2.24, 2.45) is 0 Å². The zero-order valence-corrected chi connectivity index (χ0v) is 9.67. The summed E-state index contributed by atoms with van der Waals surface area (Å²) in [6.45, 7) is 0. The zero-order valence-electron chi connectivity index (χ0n) is 9.67. The highest BCUT2D eigenvalue weighted by Gasteiger charge is 2.22. The van der Waals surface area contributed by atoms with Crippen molar-refractivity contribution in [3.05, 3.63) is 18.0 Å². The second-order valence-corrected chi connectivity index (χ2v) is 3.47. The number of carboxylic acids is 1. The lowest BCUT2D eigenvalue weighted by atomic mass is 10.1. The highest BCUT2D eigenvalue weighted by Crippen LogP contribution is 2.02. The third-order valence-corrected chi connectivity index (χ3v) is 2.23. The number of amides is 1. The lowest BCUT2D eigenvalue weighted by Crippen LogP contribution is -2.41. The molecule has 18 heavy (non-hydrogen) atoms. The number of ether oxygens (including phenoxy) is 1. The number of aliphatic carboxylic acids is 1. The van der Waals surface area contributed by atoms with E-state index in [1.165, 1.54) is 19.5 Å². The summed E-state index contributed by atoms with van der Waals surface area (Å²) in [5, 5.41) is 17.2. The second-order valence-electron chi connectivity index (χ2n) is 3.47. The van der Waals surface area contributed by atoms with E-state index in [1.807, 2.05) is 0 Å². The van der Waals surface area contributed by atoms with Crippen LogP contribution in [0.15, 0.2) is 12.4 Å². The number of aromatic amines is 1. The molecular weight excluding hydrogens is 242 g/mol. The smallest absolute Gasteiger partial charge is 0.326 e. The van der Waals surface area contributed by atoms with Gasteiger partial charge in [-0.1, -0.05) is 0 Å². The Bertz CT molecular complexity index is 429. The first-order valence-corrected chi connectivity index (χ1v) is 5.14. The van der Waals surface area contributed by atoms with Crippen molar-refractivity contribution in [2.75, 3.05) is 7.11 Å². The standard InChI is InChI=1S/C10H13N3O5/c1-18-8(14)3-2-7(10(16)17)13-9(15)6-4-11-12-5-6/h4-5,7H,2-3H2,1H3,(H,11,12)(H,13,15)(H,16,17)/t7-/m0/s1. The monoisotopic (exact) mass is 255 g/mol. The highest BCUT2D eigenvalue weighted by atomic mass is 16.5. The van der Waals surface area contributed by atoms with Crippen molar-refractivity contribution in [1.29, 1.82) is 0 Å². The number of hydrogen-bond donors (Lipinski definition) is 3. The van der Waals surface area contributed by atoms with Gasteiger partial charge in [0.2, 0.25) is 0 Å². The van der Waals surface area contributed by atoms with Gasteiger partial charge in [-0.05, 0) is 6.42 Å². The van der Waals surface area contributed by atoms with E-state index in [4.69, 9.17) is 5.11 Å². The number of carbonyl (C=O) groups excluding carboxylic acids is 2. The number of nitrogens with one attached hydrogen (secondary N) is 2. The van der Waals surface area contributed by atoms with Gasteiger partial charge in [-0.15, -0.1) is 0 Å². The molecule has 0 aromatic carbocycles. The maximum atomic E-state index is 11.6. The van der Waals surface area contributed by atoms with Gasteiger partial charge in [0.15, 0.2) is 0 Å². The van der Waals surface area contributed by atoms with Crippen LogP contribution in [0.4, 0.5) is 0 Å². The molecule has 0 saturated carbocycles. The maximum Gasteiger partial charge on any atom is 0.326 e. The van der Waals surface area contributed by atoms with E-state index in [1.54, 1.807) is 0 Å². The predicted octanol–water partition coefficient (Wildman–Crippen LogP) is -0.454. The van der Waals surface area contributed by atoms with E-state index in [0.29, 0.717) is 0 Å². The van der Waals surface area contributed by atoms with Crippen LogP contribution < -0.4 is 5.32 Å². The van der Waals surface area contributed by atoms with Crippen molar-refractivity contribution < 1.29 is 24.2 Å². The van der Waals surface area contributed by atoms with Crippen LogP contribution in [-0.4, -0.2) is 46.3 Å². The van der Waals surface area contributed by atoms with Crippen LogP contribution in [0.1, 0.15) is 23.2 Å². The Morgan fingerprint density at radius 2 is 2.28 bits per heavy atom. The van der Waals surface area contributed by atoms with E-state index in [-0.39, 0.29) is 18.4 Å². The first-order chi connectivity index (χ1) is 8.54. The van der Waals surface area contributed by atoms with Gasteiger partial charge in [-0.25, -0.2) is 4.79 Å². The number of rotatable bonds is 6. The normalized spacial score (nSPS) is 11.6. The summed E-state index contributed by atoms with van der Waals surface area (Å²) in [4.78, 5) is 33.4. The minimum absolute atomic E-state index is 0.0361.